The number of fused-ring (bicyclic) bond motifs is 1. The van der Waals surface area contributed by atoms with Gasteiger partial charge in [0.2, 0.25) is 5.91 Å². The van der Waals surface area contributed by atoms with Gasteiger partial charge >= 0.3 is 0 Å². The summed E-state index contributed by atoms with van der Waals surface area (Å²) in [4.78, 5) is 27.9. The molecule has 0 saturated heterocycles. The van der Waals surface area contributed by atoms with Gasteiger partial charge in [-0.2, -0.15) is 0 Å². The monoisotopic (exact) mass is 261 g/mol. The van der Waals surface area contributed by atoms with Crippen LogP contribution in [0.5, 0.6) is 0 Å². The summed E-state index contributed by atoms with van der Waals surface area (Å²) in [6, 6.07) is 4.19. The predicted octanol–water partition coefficient (Wildman–Crippen LogP) is 0.112. The molecule has 19 heavy (non-hydrogen) atoms. The van der Waals surface area contributed by atoms with Crippen molar-refractivity contribution in [2.75, 3.05) is 0 Å². The maximum atomic E-state index is 12.4. The maximum absolute atomic E-state index is 12.4. The summed E-state index contributed by atoms with van der Waals surface area (Å²) in [5.41, 5.74) is 6.17. The number of primary amides is 1. The summed E-state index contributed by atoms with van der Waals surface area (Å²) >= 11 is 0. The van der Waals surface area contributed by atoms with E-state index < -0.39 is 18.1 Å². The largest absolute Gasteiger partial charge is 0.391 e. The Morgan fingerprint density at radius 1 is 1.47 bits per heavy atom. The van der Waals surface area contributed by atoms with Gasteiger partial charge in [-0.15, -0.1) is 0 Å². The topological polar surface area (TPSA) is 98.2 Å². The van der Waals surface area contributed by atoms with Crippen molar-refractivity contribution in [2.45, 2.75) is 26.0 Å². The molecule has 2 rings (SSSR count). The Balaban J connectivity index is 2.76. The summed E-state index contributed by atoms with van der Waals surface area (Å²) in [5, 5.41) is 10.0. The number of benzene rings is 1. The van der Waals surface area contributed by atoms with E-state index in [1.165, 1.54) is 13.3 Å². The molecule has 6 nitrogen and oxygen atoms in total. The predicted molar refractivity (Wildman–Crippen MR) is 70.7 cm³/mol. The Kier molecular flexibility index (Phi) is 3.35. The Hall–Kier alpha value is -2.21. The molecule has 0 radical (unpaired) electrons. The van der Waals surface area contributed by atoms with Gasteiger partial charge in [0, 0.05) is 0 Å². The quantitative estimate of drug-likeness (QED) is 0.819. The van der Waals surface area contributed by atoms with Gasteiger partial charge in [0.25, 0.3) is 5.56 Å². The molecule has 2 atom stereocenters. The SMILES string of the molecule is Cc1cccc2ncn(C(C(N)=O)[C@@H](C)O)c(=O)c12. The highest BCUT2D eigenvalue weighted by atomic mass is 16.3. The molecule has 1 unspecified atom stereocenters. The molecule has 2 aromatic rings. The van der Waals surface area contributed by atoms with Crippen molar-refractivity contribution in [1.29, 1.82) is 0 Å². The number of nitrogens with two attached hydrogens (primary N) is 1. The van der Waals surface area contributed by atoms with Crippen LogP contribution in [0.1, 0.15) is 18.5 Å². The van der Waals surface area contributed by atoms with Gasteiger partial charge in [-0.3, -0.25) is 14.2 Å². The van der Waals surface area contributed by atoms with Crippen LogP contribution in [0.3, 0.4) is 0 Å². The van der Waals surface area contributed by atoms with Crippen LogP contribution < -0.4 is 11.3 Å². The van der Waals surface area contributed by atoms with Crippen molar-refractivity contribution < 1.29 is 9.90 Å². The van der Waals surface area contributed by atoms with Crippen LogP contribution >= 0.6 is 0 Å². The molecule has 1 aromatic heterocycles. The average Bonchev–Trinajstić information content (AvgIpc) is 2.31. The number of hydrogen-bond donors (Lipinski definition) is 2. The molecule has 0 spiro atoms. The fraction of sp³-hybridized carbons (Fsp3) is 0.308. The third kappa shape index (κ3) is 2.22. The van der Waals surface area contributed by atoms with E-state index >= 15 is 0 Å². The molecule has 0 saturated carbocycles. The summed E-state index contributed by atoms with van der Waals surface area (Å²) in [5.74, 6) is -0.771. The zero-order valence-electron chi connectivity index (χ0n) is 10.7. The minimum atomic E-state index is -1.12. The second-order valence-electron chi connectivity index (χ2n) is 4.51. The van der Waals surface area contributed by atoms with Gasteiger partial charge in [-0.05, 0) is 25.5 Å². The van der Waals surface area contributed by atoms with E-state index in [4.69, 9.17) is 5.73 Å². The van der Waals surface area contributed by atoms with Gasteiger partial charge in [-0.1, -0.05) is 12.1 Å². The lowest BCUT2D eigenvalue weighted by molar-refractivity contribution is -0.124. The van der Waals surface area contributed by atoms with Crippen molar-refractivity contribution in [3.8, 4) is 0 Å². The smallest absolute Gasteiger partial charge is 0.262 e. The van der Waals surface area contributed by atoms with Crippen LogP contribution in [0.4, 0.5) is 0 Å². The van der Waals surface area contributed by atoms with Crippen LogP contribution in [-0.2, 0) is 4.79 Å². The second kappa shape index (κ2) is 4.81. The highest BCUT2D eigenvalue weighted by molar-refractivity contribution is 5.82. The Morgan fingerprint density at radius 2 is 2.16 bits per heavy atom. The number of aliphatic hydroxyl groups is 1. The number of carbonyl (C=O) groups excluding carboxylic acids is 1. The second-order valence-corrected chi connectivity index (χ2v) is 4.51. The molecule has 1 heterocycles. The average molecular weight is 261 g/mol. The van der Waals surface area contributed by atoms with Crippen LogP contribution in [0.25, 0.3) is 10.9 Å². The fourth-order valence-corrected chi connectivity index (χ4v) is 2.15. The number of aryl methyl sites for hydroxylation is 1. The van der Waals surface area contributed by atoms with Gasteiger partial charge in [0.05, 0.1) is 23.3 Å². The first-order chi connectivity index (χ1) is 8.93. The molecule has 0 fully saturated rings. The highest BCUT2D eigenvalue weighted by Crippen LogP contribution is 2.14. The minimum absolute atomic E-state index is 0.382. The van der Waals surface area contributed by atoms with E-state index in [1.807, 2.05) is 0 Å². The lowest BCUT2D eigenvalue weighted by atomic mass is 10.1. The molecular weight excluding hydrogens is 246 g/mol. The van der Waals surface area contributed by atoms with Crippen LogP contribution in [-0.4, -0.2) is 26.7 Å². The molecule has 3 N–H and O–H groups in total. The van der Waals surface area contributed by atoms with Crippen molar-refractivity contribution in [2.24, 2.45) is 5.73 Å². The Bertz CT molecular complexity index is 691. The van der Waals surface area contributed by atoms with Gasteiger partial charge in [0.15, 0.2) is 0 Å². The maximum Gasteiger partial charge on any atom is 0.262 e. The van der Waals surface area contributed by atoms with Gasteiger partial charge in [0.1, 0.15) is 6.04 Å². The lowest BCUT2D eigenvalue weighted by Gasteiger charge is -2.19. The van der Waals surface area contributed by atoms with E-state index in [1.54, 1.807) is 25.1 Å². The summed E-state index contributed by atoms with van der Waals surface area (Å²) in [6.07, 6.45) is 0.171. The molecule has 0 aliphatic heterocycles. The van der Waals surface area contributed by atoms with Gasteiger partial charge in [-0.25, -0.2) is 4.98 Å². The van der Waals surface area contributed by atoms with Crippen LogP contribution in [0.2, 0.25) is 0 Å². The van der Waals surface area contributed by atoms with Crippen molar-refractivity contribution >= 4 is 16.8 Å². The highest BCUT2D eigenvalue weighted by Gasteiger charge is 2.25. The lowest BCUT2D eigenvalue weighted by Crippen LogP contribution is -2.40. The molecule has 0 aliphatic rings. The van der Waals surface area contributed by atoms with E-state index in [-0.39, 0.29) is 5.56 Å². The third-order valence-electron chi connectivity index (χ3n) is 3.07. The summed E-state index contributed by atoms with van der Waals surface area (Å²) in [7, 11) is 0. The number of carbonyl (C=O) groups is 1. The van der Waals surface area contributed by atoms with Crippen LogP contribution in [0, 0.1) is 6.92 Å². The number of aliphatic hydroxyl groups excluding tert-OH is 1. The molecule has 100 valence electrons. The van der Waals surface area contributed by atoms with Crippen molar-refractivity contribution in [3.63, 3.8) is 0 Å². The molecule has 0 aliphatic carbocycles. The Labute approximate surface area is 109 Å². The van der Waals surface area contributed by atoms with Crippen molar-refractivity contribution in [1.82, 2.24) is 9.55 Å². The number of rotatable bonds is 3. The van der Waals surface area contributed by atoms with Crippen LogP contribution in [0.15, 0.2) is 29.3 Å². The third-order valence-corrected chi connectivity index (χ3v) is 3.07. The molecule has 0 bridgehead atoms. The minimum Gasteiger partial charge on any atom is -0.391 e. The van der Waals surface area contributed by atoms with Crippen molar-refractivity contribution in [3.05, 3.63) is 40.4 Å². The zero-order valence-corrected chi connectivity index (χ0v) is 10.7. The summed E-state index contributed by atoms with van der Waals surface area (Å²) < 4.78 is 1.09. The van der Waals surface area contributed by atoms with E-state index in [0.717, 1.165) is 10.1 Å². The zero-order chi connectivity index (χ0) is 14.2. The standard InChI is InChI=1S/C13H15N3O3/c1-7-4-3-5-9-10(7)13(19)16(6-15-9)11(8(2)17)12(14)18/h3-6,8,11,17H,1-2H3,(H2,14,18)/t8-,11?/m1/s1. The van der Waals surface area contributed by atoms with E-state index in [0.29, 0.717) is 10.9 Å². The number of hydrogen-bond acceptors (Lipinski definition) is 4. The molecular formula is C13H15N3O3. The van der Waals surface area contributed by atoms with E-state index in [2.05, 4.69) is 4.98 Å². The van der Waals surface area contributed by atoms with E-state index in [9.17, 15) is 14.7 Å². The first kappa shape index (κ1) is 13.2. The first-order valence-corrected chi connectivity index (χ1v) is 5.87. The normalized spacial score (nSPS) is 14.3. The fourth-order valence-electron chi connectivity index (χ4n) is 2.15. The molecule has 1 aromatic carbocycles. The Morgan fingerprint density at radius 3 is 2.74 bits per heavy atom. The van der Waals surface area contributed by atoms with Gasteiger partial charge < -0.3 is 10.8 Å². The number of amides is 1. The first-order valence-electron chi connectivity index (χ1n) is 5.87. The number of nitrogens with zero attached hydrogens (tertiary/aromatic N) is 2. The number of aromatic nitrogens is 2. The molecule has 1 amide bonds. The molecule has 6 heteroatoms. The summed E-state index contributed by atoms with van der Waals surface area (Å²) in [6.45, 7) is 3.20.